The van der Waals surface area contributed by atoms with E-state index in [2.05, 4.69) is 0 Å². The third-order valence-corrected chi connectivity index (χ3v) is 3.21. The van der Waals surface area contributed by atoms with Crippen LogP contribution in [0.15, 0.2) is 0 Å². The third kappa shape index (κ3) is 3.95. The molecule has 1 heterocycles. The number of carbonyl (C=O) groups excluding carboxylic acids is 1. The summed E-state index contributed by atoms with van der Waals surface area (Å²) in [6.07, 6.45) is 4.28. The zero-order valence-corrected chi connectivity index (χ0v) is 9.35. The lowest BCUT2D eigenvalue weighted by Gasteiger charge is -2.22. The minimum Gasteiger partial charge on any atom is -0.336 e. The van der Waals surface area contributed by atoms with Gasteiger partial charge in [-0.15, -0.1) is 0 Å². The Balaban J connectivity index is 2.55. The molecule has 0 aliphatic carbocycles. The van der Waals surface area contributed by atoms with Crippen molar-refractivity contribution in [3.05, 3.63) is 0 Å². The van der Waals surface area contributed by atoms with Gasteiger partial charge in [0.1, 0.15) is 7.14 Å². The molecule has 76 valence electrons. The molecule has 1 fully saturated rings. The van der Waals surface area contributed by atoms with Crippen LogP contribution in [-0.4, -0.2) is 37.0 Å². The molecular formula is C9H18NO2P. The first-order valence-electron chi connectivity index (χ1n) is 4.81. The Kier molecular flexibility index (Phi) is 3.55. The quantitative estimate of drug-likeness (QED) is 0.643. The summed E-state index contributed by atoms with van der Waals surface area (Å²) in [5.41, 5.74) is 0. The monoisotopic (exact) mass is 203 g/mol. The number of nitrogens with zero attached hydrogens (tertiary/aromatic N) is 1. The number of likely N-dealkylation sites (tertiary alicyclic amines) is 1. The molecule has 0 spiro atoms. The molecule has 0 aromatic rings. The summed E-state index contributed by atoms with van der Waals surface area (Å²) in [5, 5.41) is 0. The molecule has 0 atom stereocenters. The average Bonchev–Trinajstić information content (AvgIpc) is 2.14. The van der Waals surface area contributed by atoms with Gasteiger partial charge >= 0.3 is 0 Å². The predicted octanol–water partition coefficient (Wildman–Crippen LogP) is 1.97. The Morgan fingerprint density at radius 1 is 1.31 bits per heavy atom. The zero-order chi connectivity index (χ0) is 9.90. The van der Waals surface area contributed by atoms with E-state index in [9.17, 15) is 9.36 Å². The van der Waals surface area contributed by atoms with Gasteiger partial charge in [0.15, 0.2) is 0 Å². The Morgan fingerprint density at radius 2 is 2.00 bits per heavy atom. The lowest BCUT2D eigenvalue weighted by atomic mass is 10.2. The Hall–Kier alpha value is -0.300. The lowest BCUT2D eigenvalue weighted by molar-refractivity contribution is -0.129. The highest BCUT2D eigenvalue weighted by Gasteiger charge is 2.20. The third-order valence-electron chi connectivity index (χ3n) is 2.18. The molecule has 1 aliphatic rings. The van der Waals surface area contributed by atoms with Crippen LogP contribution in [0.3, 0.4) is 0 Å². The van der Waals surface area contributed by atoms with Crippen molar-refractivity contribution in [2.45, 2.75) is 25.7 Å². The minimum atomic E-state index is -2.09. The molecule has 3 nitrogen and oxygen atoms in total. The summed E-state index contributed by atoms with van der Waals surface area (Å²) in [6, 6.07) is 0. The number of hydrogen-bond acceptors (Lipinski definition) is 2. The van der Waals surface area contributed by atoms with Crippen LogP contribution >= 0.6 is 7.14 Å². The van der Waals surface area contributed by atoms with Gasteiger partial charge in [-0.1, -0.05) is 6.42 Å². The van der Waals surface area contributed by atoms with Crippen LogP contribution in [0.4, 0.5) is 0 Å². The normalized spacial score (nSPS) is 20.2. The van der Waals surface area contributed by atoms with Crippen molar-refractivity contribution in [1.82, 2.24) is 4.90 Å². The standard InChI is InChI=1S/C9H18NO2P/c1-13(2,12)8-10-7-5-3-4-6-9(10)11/h3-8H2,1-2H3. The second-order valence-electron chi connectivity index (χ2n) is 4.18. The van der Waals surface area contributed by atoms with Gasteiger partial charge in [-0.3, -0.25) is 4.79 Å². The fourth-order valence-corrected chi connectivity index (χ4v) is 2.72. The second kappa shape index (κ2) is 4.28. The fourth-order valence-electron chi connectivity index (χ4n) is 1.60. The van der Waals surface area contributed by atoms with E-state index in [1.54, 1.807) is 18.2 Å². The largest absolute Gasteiger partial charge is 0.336 e. The highest BCUT2D eigenvalue weighted by molar-refractivity contribution is 7.62. The van der Waals surface area contributed by atoms with Crippen molar-refractivity contribution in [2.75, 3.05) is 26.2 Å². The smallest absolute Gasteiger partial charge is 0.222 e. The molecule has 0 aromatic heterocycles. The van der Waals surface area contributed by atoms with Gasteiger partial charge in [0.05, 0.1) is 6.29 Å². The molecule has 1 aliphatic heterocycles. The van der Waals surface area contributed by atoms with Crippen molar-refractivity contribution in [2.24, 2.45) is 0 Å². The Labute approximate surface area is 79.9 Å². The average molecular weight is 203 g/mol. The molecule has 0 aromatic carbocycles. The summed E-state index contributed by atoms with van der Waals surface area (Å²) in [7, 11) is -2.09. The van der Waals surface area contributed by atoms with Crippen LogP contribution in [-0.2, 0) is 9.36 Å². The van der Waals surface area contributed by atoms with Crippen molar-refractivity contribution < 1.29 is 9.36 Å². The Morgan fingerprint density at radius 3 is 2.62 bits per heavy atom. The van der Waals surface area contributed by atoms with E-state index in [4.69, 9.17) is 0 Å². The first kappa shape index (κ1) is 10.8. The van der Waals surface area contributed by atoms with Gasteiger partial charge in [0.25, 0.3) is 0 Å². The summed E-state index contributed by atoms with van der Waals surface area (Å²) in [5.74, 6) is 0.182. The number of carbonyl (C=O) groups is 1. The summed E-state index contributed by atoms with van der Waals surface area (Å²) < 4.78 is 11.5. The van der Waals surface area contributed by atoms with Crippen LogP contribution < -0.4 is 0 Å². The van der Waals surface area contributed by atoms with E-state index in [1.165, 1.54) is 0 Å². The maximum Gasteiger partial charge on any atom is 0.222 e. The first-order chi connectivity index (χ1) is 5.99. The van der Waals surface area contributed by atoms with E-state index < -0.39 is 7.14 Å². The van der Waals surface area contributed by atoms with E-state index in [0.717, 1.165) is 25.8 Å². The molecule has 0 radical (unpaired) electrons. The van der Waals surface area contributed by atoms with Gasteiger partial charge in [-0.05, 0) is 26.2 Å². The van der Waals surface area contributed by atoms with Gasteiger partial charge in [0, 0.05) is 13.0 Å². The van der Waals surface area contributed by atoms with Crippen LogP contribution in [0, 0.1) is 0 Å². The molecule has 1 amide bonds. The van der Waals surface area contributed by atoms with E-state index in [1.807, 2.05) is 0 Å². The highest BCUT2D eigenvalue weighted by atomic mass is 31.2. The summed E-state index contributed by atoms with van der Waals surface area (Å²) in [6.45, 7) is 4.28. The van der Waals surface area contributed by atoms with Crippen LogP contribution in [0.5, 0.6) is 0 Å². The predicted molar refractivity (Wildman–Crippen MR) is 54.5 cm³/mol. The van der Waals surface area contributed by atoms with Crippen LogP contribution in [0.1, 0.15) is 25.7 Å². The highest BCUT2D eigenvalue weighted by Crippen LogP contribution is 2.37. The second-order valence-corrected chi connectivity index (χ2v) is 7.61. The van der Waals surface area contributed by atoms with E-state index in [0.29, 0.717) is 12.7 Å². The Bertz CT molecular complexity index is 234. The molecule has 1 rings (SSSR count). The topological polar surface area (TPSA) is 37.4 Å². The number of hydrogen-bond donors (Lipinski definition) is 0. The van der Waals surface area contributed by atoms with Crippen LogP contribution in [0.2, 0.25) is 0 Å². The molecule has 0 bridgehead atoms. The first-order valence-corrected chi connectivity index (χ1v) is 7.59. The number of rotatable bonds is 2. The maximum absolute atomic E-state index is 11.5. The van der Waals surface area contributed by atoms with Gasteiger partial charge in [0.2, 0.25) is 5.91 Å². The number of amides is 1. The lowest BCUT2D eigenvalue weighted by Crippen LogP contribution is -2.30. The molecule has 0 saturated carbocycles. The van der Waals surface area contributed by atoms with E-state index in [-0.39, 0.29) is 5.91 Å². The SMILES string of the molecule is CP(C)(=O)CN1CCCCCC1=O. The van der Waals surface area contributed by atoms with Crippen molar-refractivity contribution in [3.63, 3.8) is 0 Å². The molecule has 4 heteroatoms. The zero-order valence-electron chi connectivity index (χ0n) is 8.45. The maximum atomic E-state index is 11.5. The molecule has 0 N–H and O–H groups in total. The van der Waals surface area contributed by atoms with Crippen molar-refractivity contribution in [1.29, 1.82) is 0 Å². The summed E-state index contributed by atoms with van der Waals surface area (Å²) >= 11 is 0. The molecular weight excluding hydrogens is 185 g/mol. The molecule has 1 saturated heterocycles. The van der Waals surface area contributed by atoms with E-state index >= 15 is 0 Å². The van der Waals surface area contributed by atoms with Gasteiger partial charge in [-0.2, -0.15) is 0 Å². The molecule has 0 unspecified atom stereocenters. The summed E-state index contributed by atoms with van der Waals surface area (Å²) in [4.78, 5) is 13.3. The fraction of sp³-hybridized carbons (Fsp3) is 0.889. The van der Waals surface area contributed by atoms with Crippen molar-refractivity contribution >= 4 is 13.0 Å². The van der Waals surface area contributed by atoms with Gasteiger partial charge < -0.3 is 9.46 Å². The van der Waals surface area contributed by atoms with Crippen LogP contribution in [0.25, 0.3) is 0 Å². The minimum absolute atomic E-state index is 0.182. The molecule has 13 heavy (non-hydrogen) atoms. The van der Waals surface area contributed by atoms with Gasteiger partial charge in [-0.25, -0.2) is 0 Å². The van der Waals surface area contributed by atoms with Crippen molar-refractivity contribution in [3.8, 4) is 0 Å².